The summed E-state index contributed by atoms with van der Waals surface area (Å²) in [5.74, 6) is 0.145. The van der Waals surface area contributed by atoms with Crippen molar-refractivity contribution in [1.29, 1.82) is 0 Å². The van der Waals surface area contributed by atoms with Crippen LogP contribution >= 0.6 is 0 Å². The van der Waals surface area contributed by atoms with E-state index in [4.69, 9.17) is 4.74 Å². The Kier molecular flexibility index (Phi) is 4.05. The normalized spacial score (nSPS) is 24.6. The second-order valence-corrected chi connectivity index (χ2v) is 5.69. The minimum atomic E-state index is -0.652. The van der Waals surface area contributed by atoms with Crippen molar-refractivity contribution in [3.05, 3.63) is 0 Å². The fraction of sp³-hybridized carbons (Fsp3) is 0.923. The Morgan fingerprint density at radius 3 is 2.53 bits per heavy atom. The van der Waals surface area contributed by atoms with Crippen molar-refractivity contribution >= 4 is 5.97 Å². The third-order valence-corrected chi connectivity index (χ3v) is 4.27. The molecule has 0 spiro atoms. The van der Waals surface area contributed by atoms with Gasteiger partial charge in [0.1, 0.15) is 0 Å². The molecular formula is C13H23NO3. The van der Waals surface area contributed by atoms with E-state index in [0.717, 1.165) is 12.5 Å². The molecule has 1 saturated heterocycles. The molecule has 17 heavy (non-hydrogen) atoms. The van der Waals surface area contributed by atoms with Gasteiger partial charge in [-0.3, -0.25) is 4.79 Å². The molecule has 2 rings (SSSR count). The molecule has 4 heteroatoms. The molecule has 98 valence electrons. The number of hydrogen-bond donors (Lipinski definition) is 1. The van der Waals surface area contributed by atoms with E-state index >= 15 is 0 Å². The summed E-state index contributed by atoms with van der Waals surface area (Å²) in [6, 6.07) is 0. The van der Waals surface area contributed by atoms with Gasteiger partial charge in [0, 0.05) is 26.3 Å². The standard InChI is InChI=1S/C13H23NO3/c1-14(9-11-3-2-4-11)10-13(12(15)16)5-7-17-8-6-13/h11H,2-10H2,1H3,(H,15,16). The van der Waals surface area contributed by atoms with Crippen LogP contribution in [0.3, 0.4) is 0 Å². The lowest BCUT2D eigenvalue weighted by atomic mass is 9.79. The molecule has 0 unspecified atom stereocenters. The first-order valence-electron chi connectivity index (χ1n) is 6.62. The van der Waals surface area contributed by atoms with E-state index in [1.165, 1.54) is 19.3 Å². The van der Waals surface area contributed by atoms with E-state index in [0.29, 0.717) is 32.6 Å². The van der Waals surface area contributed by atoms with Crippen LogP contribution in [0.25, 0.3) is 0 Å². The first-order chi connectivity index (χ1) is 8.12. The van der Waals surface area contributed by atoms with Gasteiger partial charge in [0.05, 0.1) is 5.41 Å². The topological polar surface area (TPSA) is 49.8 Å². The van der Waals surface area contributed by atoms with Crippen LogP contribution in [0.4, 0.5) is 0 Å². The highest BCUT2D eigenvalue weighted by atomic mass is 16.5. The van der Waals surface area contributed by atoms with Crippen LogP contribution in [0.5, 0.6) is 0 Å². The Morgan fingerprint density at radius 1 is 1.41 bits per heavy atom. The molecule has 0 aromatic carbocycles. The largest absolute Gasteiger partial charge is 0.481 e. The van der Waals surface area contributed by atoms with Crippen molar-refractivity contribution in [3.63, 3.8) is 0 Å². The van der Waals surface area contributed by atoms with Crippen LogP contribution in [-0.4, -0.2) is 49.3 Å². The van der Waals surface area contributed by atoms with Crippen molar-refractivity contribution in [1.82, 2.24) is 4.90 Å². The Balaban J connectivity index is 1.89. The third-order valence-electron chi connectivity index (χ3n) is 4.27. The molecule has 4 nitrogen and oxygen atoms in total. The summed E-state index contributed by atoms with van der Waals surface area (Å²) in [5, 5.41) is 9.46. The van der Waals surface area contributed by atoms with Crippen LogP contribution in [0.2, 0.25) is 0 Å². The lowest BCUT2D eigenvalue weighted by molar-refractivity contribution is -0.156. The molecule has 1 aliphatic heterocycles. The monoisotopic (exact) mass is 241 g/mol. The summed E-state index contributed by atoms with van der Waals surface area (Å²) < 4.78 is 5.29. The van der Waals surface area contributed by atoms with E-state index in [1.807, 2.05) is 0 Å². The van der Waals surface area contributed by atoms with Gasteiger partial charge in [-0.2, -0.15) is 0 Å². The Morgan fingerprint density at radius 2 is 2.06 bits per heavy atom. The second-order valence-electron chi connectivity index (χ2n) is 5.69. The minimum absolute atomic E-state index is 0.573. The first kappa shape index (κ1) is 12.8. The summed E-state index contributed by atoms with van der Waals surface area (Å²) in [6.07, 6.45) is 5.27. The maximum absolute atomic E-state index is 11.5. The molecule has 1 heterocycles. The molecule has 0 aromatic heterocycles. The average Bonchev–Trinajstić information content (AvgIpc) is 2.25. The van der Waals surface area contributed by atoms with Gasteiger partial charge in [-0.05, 0) is 38.6 Å². The molecule has 0 amide bonds. The number of hydrogen-bond acceptors (Lipinski definition) is 3. The Bertz CT molecular complexity index is 270. The van der Waals surface area contributed by atoms with E-state index in [9.17, 15) is 9.90 Å². The molecular weight excluding hydrogens is 218 g/mol. The van der Waals surface area contributed by atoms with E-state index in [1.54, 1.807) is 0 Å². The Labute approximate surface area is 103 Å². The zero-order chi connectivity index (χ0) is 12.3. The van der Waals surface area contributed by atoms with Crippen LogP contribution in [0.15, 0.2) is 0 Å². The Hall–Kier alpha value is -0.610. The van der Waals surface area contributed by atoms with Gasteiger partial charge >= 0.3 is 5.97 Å². The lowest BCUT2D eigenvalue weighted by Gasteiger charge is -2.38. The maximum atomic E-state index is 11.5. The SMILES string of the molecule is CN(CC1CCC1)CC1(C(=O)O)CCOCC1. The molecule has 0 atom stereocenters. The van der Waals surface area contributed by atoms with E-state index in [-0.39, 0.29) is 0 Å². The molecule has 0 aromatic rings. The number of rotatable bonds is 5. The molecule has 2 aliphatic rings. The summed E-state index contributed by atoms with van der Waals surface area (Å²) in [7, 11) is 2.05. The maximum Gasteiger partial charge on any atom is 0.311 e. The molecule has 0 bridgehead atoms. The summed E-state index contributed by atoms with van der Waals surface area (Å²) >= 11 is 0. The van der Waals surface area contributed by atoms with Crippen LogP contribution in [-0.2, 0) is 9.53 Å². The minimum Gasteiger partial charge on any atom is -0.481 e. The van der Waals surface area contributed by atoms with Gasteiger partial charge < -0.3 is 14.7 Å². The number of carboxylic acid groups (broad SMARTS) is 1. The molecule has 1 N–H and O–H groups in total. The average molecular weight is 241 g/mol. The predicted molar refractivity (Wildman–Crippen MR) is 65.0 cm³/mol. The molecule has 0 radical (unpaired) electrons. The smallest absolute Gasteiger partial charge is 0.311 e. The highest BCUT2D eigenvalue weighted by Gasteiger charge is 2.41. The van der Waals surface area contributed by atoms with Gasteiger partial charge in [0.2, 0.25) is 0 Å². The van der Waals surface area contributed by atoms with E-state index in [2.05, 4.69) is 11.9 Å². The lowest BCUT2D eigenvalue weighted by Crippen LogP contribution is -2.47. The summed E-state index contributed by atoms with van der Waals surface area (Å²) in [4.78, 5) is 13.7. The number of aliphatic carboxylic acids is 1. The number of nitrogens with zero attached hydrogens (tertiary/aromatic N) is 1. The molecule has 1 saturated carbocycles. The predicted octanol–water partition coefficient (Wildman–Crippen LogP) is 1.60. The zero-order valence-electron chi connectivity index (χ0n) is 10.7. The van der Waals surface area contributed by atoms with Crippen LogP contribution in [0, 0.1) is 11.3 Å². The van der Waals surface area contributed by atoms with Gasteiger partial charge in [0.15, 0.2) is 0 Å². The van der Waals surface area contributed by atoms with Crippen molar-refractivity contribution in [2.45, 2.75) is 32.1 Å². The van der Waals surface area contributed by atoms with Gasteiger partial charge in [0.25, 0.3) is 0 Å². The number of ether oxygens (including phenoxy) is 1. The highest BCUT2D eigenvalue weighted by molar-refractivity contribution is 5.75. The zero-order valence-corrected chi connectivity index (χ0v) is 10.7. The highest BCUT2D eigenvalue weighted by Crippen LogP contribution is 2.33. The van der Waals surface area contributed by atoms with Crippen molar-refractivity contribution in [2.75, 3.05) is 33.4 Å². The van der Waals surface area contributed by atoms with Gasteiger partial charge in [-0.1, -0.05) is 6.42 Å². The van der Waals surface area contributed by atoms with Crippen molar-refractivity contribution in [3.8, 4) is 0 Å². The van der Waals surface area contributed by atoms with Crippen LogP contribution < -0.4 is 0 Å². The van der Waals surface area contributed by atoms with Crippen molar-refractivity contribution < 1.29 is 14.6 Å². The first-order valence-corrected chi connectivity index (χ1v) is 6.62. The molecule has 2 fully saturated rings. The second kappa shape index (κ2) is 5.36. The molecule has 1 aliphatic carbocycles. The summed E-state index contributed by atoms with van der Waals surface area (Å²) in [6.45, 7) is 2.89. The van der Waals surface area contributed by atoms with Crippen molar-refractivity contribution in [2.24, 2.45) is 11.3 Å². The number of carboxylic acids is 1. The summed E-state index contributed by atoms with van der Waals surface area (Å²) in [5.41, 5.74) is -0.573. The van der Waals surface area contributed by atoms with Gasteiger partial charge in [-0.25, -0.2) is 0 Å². The van der Waals surface area contributed by atoms with E-state index < -0.39 is 11.4 Å². The van der Waals surface area contributed by atoms with Gasteiger partial charge in [-0.15, -0.1) is 0 Å². The fourth-order valence-corrected chi connectivity index (χ4v) is 2.90. The number of carbonyl (C=O) groups is 1. The fourth-order valence-electron chi connectivity index (χ4n) is 2.90. The quantitative estimate of drug-likeness (QED) is 0.794. The third kappa shape index (κ3) is 2.99. The van der Waals surface area contributed by atoms with Crippen LogP contribution in [0.1, 0.15) is 32.1 Å².